The zero-order chi connectivity index (χ0) is 13.8. The highest BCUT2D eigenvalue weighted by Crippen LogP contribution is 2.33. The van der Waals surface area contributed by atoms with E-state index in [1.54, 1.807) is 0 Å². The van der Waals surface area contributed by atoms with Gasteiger partial charge in [-0.3, -0.25) is 0 Å². The summed E-state index contributed by atoms with van der Waals surface area (Å²) < 4.78 is 37.7. The molecule has 0 aliphatic carbocycles. The standard InChI is InChI=1S/C12H14BrClF3N/c1-8(14)3-2-6-18-11-5-4-9(7-10(11)13)12(15,16)17/h4-5,7-8,18H,2-3,6H2,1H3. The molecule has 1 aromatic rings. The molecule has 0 aliphatic rings. The molecule has 0 radical (unpaired) electrons. The van der Waals surface area contributed by atoms with Crippen molar-refractivity contribution in [1.29, 1.82) is 0 Å². The second-order valence-electron chi connectivity index (χ2n) is 4.04. The van der Waals surface area contributed by atoms with Gasteiger partial charge in [0.05, 0.1) is 5.56 Å². The second-order valence-corrected chi connectivity index (χ2v) is 5.64. The first-order valence-electron chi connectivity index (χ1n) is 5.55. The molecule has 0 bridgehead atoms. The molecule has 1 atom stereocenters. The molecule has 0 heterocycles. The van der Waals surface area contributed by atoms with Crippen molar-refractivity contribution in [3.63, 3.8) is 0 Å². The molecule has 0 aliphatic heterocycles. The van der Waals surface area contributed by atoms with E-state index in [9.17, 15) is 13.2 Å². The fourth-order valence-electron chi connectivity index (χ4n) is 1.44. The van der Waals surface area contributed by atoms with Gasteiger partial charge in [-0.1, -0.05) is 0 Å². The van der Waals surface area contributed by atoms with Crippen molar-refractivity contribution in [3.8, 4) is 0 Å². The molecular weight excluding hydrogens is 330 g/mol. The minimum Gasteiger partial charge on any atom is -0.384 e. The van der Waals surface area contributed by atoms with E-state index in [-0.39, 0.29) is 5.38 Å². The Morgan fingerprint density at radius 1 is 1.39 bits per heavy atom. The molecule has 6 heteroatoms. The summed E-state index contributed by atoms with van der Waals surface area (Å²) >= 11 is 8.93. The summed E-state index contributed by atoms with van der Waals surface area (Å²) in [5, 5.41) is 3.19. The van der Waals surface area contributed by atoms with E-state index in [2.05, 4.69) is 21.2 Å². The van der Waals surface area contributed by atoms with Gasteiger partial charge >= 0.3 is 6.18 Å². The molecule has 102 valence electrons. The zero-order valence-corrected chi connectivity index (χ0v) is 12.2. The molecule has 1 nitrogen and oxygen atoms in total. The minimum atomic E-state index is -4.31. The van der Waals surface area contributed by atoms with E-state index < -0.39 is 11.7 Å². The van der Waals surface area contributed by atoms with Gasteiger partial charge in [0, 0.05) is 22.1 Å². The van der Waals surface area contributed by atoms with Gasteiger partial charge < -0.3 is 5.32 Å². The summed E-state index contributed by atoms with van der Waals surface area (Å²) in [4.78, 5) is 0. The van der Waals surface area contributed by atoms with E-state index in [0.29, 0.717) is 16.7 Å². The van der Waals surface area contributed by atoms with Crippen LogP contribution in [0.15, 0.2) is 22.7 Å². The average molecular weight is 345 g/mol. The molecule has 0 fully saturated rings. The third kappa shape index (κ3) is 5.06. The van der Waals surface area contributed by atoms with Gasteiger partial charge in [-0.25, -0.2) is 0 Å². The van der Waals surface area contributed by atoms with Crippen LogP contribution in [0.25, 0.3) is 0 Å². The van der Waals surface area contributed by atoms with E-state index in [0.717, 1.165) is 25.0 Å². The van der Waals surface area contributed by atoms with Crippen LogP contribution in [0.2, 0.25) is 0 Å². The summed E-state index contributed by atoms with van der Waals surface area (Å²) in [7, 11) is 0. The number of benzene rings is 1. The first kappa shape index (κ1) is 15.6. The Balaban J connectivity index is 2.58. The quantitative estimate of drug-likeness (QED) is 0.565. The van der Waals surface area contributed by atoms with Crippen LogP contribution in [0.3, 0.4) is 0 Å². The van der Waals surface area contributed by atoms with Crippen molar-refractivity contribution in [2.45, 2.75) is 31.3 Å². The fraction of sp³-hybridized carbons (Fsp3) is 0.500. The Labute approximate surface area is 118 Å². The molecular formula is C12H14BrClF3N. The Kier molecular flexibility index (Phi) is 5.79. The van der Waals surface area contributed by atoms with E-state index in [1.165, 1.54) is 6.07 Å². The van der Waals surface area contributed by atoms with Gasteiger partial charge in [-0.05, 0) is 53.9 Å². The number of hydrogen-bond donors (Lipinski definition) is 1. The summed E-state index contributed by atoms with van der Waals surface area (Å²) in [5.74, 6) is 0. The van der Waals surface area contributed by atoms with Gasteiger partial charge in [0.2, 0.25) is 0 Å². The Bertz CT molecular complexity index is 393. The van der Waals surface area contributed by atoms with Crippen LogP contribution in [0.4, 0.5) is 18.9 Å². The first-order chi connectivity index (χ1) is 8.30. The number of alkyl halides is 4. The molecule has 1 rings (SSSR count). The molecule has 1 N–H and O–H groups in total. The molecule has 0 saturated carbocycles. The van der Waals surface area contributed by atoms with E-state index in [4.69, 9.17) is 11.6 Å². The highest BCUT2D eigenvalue weighted by Gasteiger charge is 2.30. The largest absolute Gasteiger partial charge is 0.416 e. The Morgan fingerprint density at radius 3 is 2.56 bits per heavy atom. The SMILES string of the molecule is CC(Cl)CCCNc1ccc(C(F)(F)F)cc1Br. The topological polar surface area (TPSA) is 12.0 Å². The van der Waals surface area contributed by atoms with Crippen molar-refractivity contribution in [2.75, 3.05) is 11.9 Å². The van der Waals surface area contributed by atoms with Gasteiger partial charge in [0.15, 0.2) is 0 Å². The zero-order valence-electron chi connectivity index (χ0n) is 9.82. The molecule has 0 amide bonds. The lowest BCUT2D eigenvalue weighted by atomic mass is 10.2. The summed E-state index contributed by atoms with van der Waals surface area (Å²) in [5.41, 5.74) is -0.000434. The highest BCUT2D eigenvalue weighted by molar-refractivity contribution is 9.10. The van der Waals surface area contributed by atoms with Crippen molar-refractivity contribution in [1.82, 2.24) is 0 Å². The Morgan fingerprint density at radius 2 is 2.06 bits per heavy atom. The normalized spacial score (nSPS) is 13.4. The van der Waals surface area contributed by atoms with Crippen LogP contribution < -0.4 is 5.32 Å². The van der Waals surface area contributed by atoms with Crippen molar-refractivity contribution in [3.05, 3.63) is 28.2 Å². The van der Waals surface area contributed by atoms with Gasteiger partial charge in [0.1, 0.15) is 0 Å². The number of hydrogen-bond acceptors (Lipinski definition) is 1. The van der Waals surface area contributed by atoms with E-state index in [1.807, 2.05) is 6.92 Å². The van der Waals surface area contributed by atoms with Crippen LogP contribution in [-0.4, -0.2) is 11.9 Å². The van der Waals surface area contributed by atoms with Crippen molar-refractivity contribution >= 4 is 33.2 Å². The van der Waals surface area contributed by atoms with Crippen molar-refractivity contribution < 1.29 is 13.2 Å². The lowest BCUT2D eigenvalue weighted by Gasteiger charge is -2.12. The van der Waals surface area contributed by atoms with Gasteiger partial charge in [-0.2, -0.15) is 13.2 Å². The predicted molar refractivity (Wildman–Crippen MR) is 72.2 cm³/mol. The lowest BCUT2D eigenvalue weighted by molar-refractivity contribution is -0.137. The van der Waals surface area contributed by atoms with Crippen LogP contribution in [-0.2, 0) is 6.18 Å². The van der Waals surface area contributed by atoms with Crippen LogP contribution >= 0.6 is 27.5 Å². The monoisotopic (exact) mass is 343 g/mol. The number of nitrogens with one attached hydrogen (secondary N) is 1. The molecule has 0 spiro atoms. The summed E-state index contributed by atoms with van der Waals surface area (Å²) in [6.45, 7) is 2.59. The smallest absolute Gasteiger partial charge is 0.384 e. The molecule has 1 aromatic carbocycles. The van der Waals surface area contributed by atoms with Gasteiger partial charge in [0.25, 0.3) is 0 Å². The van der Waals surface area contributed by atoms with E-state index >= 15 is 0 Å². The maximum Gasteiger partial charge on any atom is 0.416 e. The maximum atomic E-state index is 12.4. The average Bonchev–Trinajstić information content (AvgIpc) is 2.24. The molecule has 1 unspecified atom stereocenters. The first-order valence-corrected chi connectivity index (χ1v) is 6.78. The lowest BCUT2D eigenvalue weighted by Crippen LogP contribution is -2.07. The molecule has 0 saturated heterocycles. The van der Waals surface area contributed by atoms with Gasteiger partial charge in [-0.15, -0.1) is 11.6 Å². The Hall–Kier alpha value is -0.420. The van der Waals surface area contributed by atoms with Crippen LogP contribution in [0, 0.1) is 0 Å². The highest BCUT2D eigenvalue weighted by atomic mass is 79.9. The fourth-order valence-corrected chi connectivity index (χ4v) is 2.11. The third-order valence-corrected chi connectivity index (χ3v) is 3.26. The molecule has 18 heavy (non-hydrogen) atoms. The van der Waals surface area contributed by atoms with Crippen molar-refractivity contribution in [2.24, 2.45) is 0 Å². The molecule has 0 aromatic heterocycles. The summed E-state index contributed by atoms with van der Waals surface area (Å²) in [6.07, 6.45) is -2.57. The second kappa shape index (κ2) is 6.66. The third-order valence-electron chi connectivity index (χ3n) is 2.39. The van der Waals surface area contributed by atoms with Crippen LogP contribution in [0.5, 0.6) is 0 Å². The number of halogens is 5. The summed E-state index contributed by atoms with van der Waals surface area (Å²) in [6, 6.07) is 3.57. The van der Waals surface area contributed by atoms with Crippen LogP contribution in [0.1, 0.15) is 25.3 Å². The predicted octanol–water partition coefficient (Wildman–Crippen LogP) is 5.29. The minimum absolute atomic E-state index is 0.114. The number of rotatable bonds is 5. The maximum absolute atomic E-state index is 12.4. The number of anilines is 1.